The Labute approximate surface area is 156 Å². The first-order valence-corrected chi connectivity index (χ1v) is 9.34. The molecule has 0 unspecified atom stereocenters. The van der Waals surface area contributed by atoms with Crippen molar-refractivity contribution < 1.29 is 4.92 Å². The molecular formula is C18H19N3O2S2. The summed E-state index contributed by atoms with van der Waals surface area (Å²) in [6, 6.07) is 12.5. The number of benzene rings is 2. The molecule has 0 amide bonds. The van der Waals surface area contributed by atoms with Crippen molar-refractivity contribution in [3.05, 3.63) is 58.1 Å². The van der Waals surface area contributed by atoms with Crippen molar-refractivity contribution in [3.8, 4) is 0 Å². The van der Waals surface area contributed by atoms with Crippen LogP contribution in [-0.2, 0) is 5.41 Å². The number of nitro groups is 1. The Bertz CT molecular complexity index is 820. The second kappa shape index (κ2) is 7.01. The lowest BCUT2D eigenvalue weighted by Gasteiger charge is -2.32. The van der Waals surface area contributed by atoms with E-state index in [0.717, 1.165) is 17.9 Å². The molecular weight excluding hydrogens is 354 g/mol. The molecule has 1 aliphatic heterocycles. The normalized spacial score (nSPS) is 15.1. The van der Waals surface area contributed by atoms with Crippen molar-refractivity contribution in [2.24, 2.45) is 0 Å². The number of anilines is 2. The Morgan fingerprint density at radius 2 is 1.80 bits per heavy atom. The molecule has 0 saturated carbocycles. The molecule has 2 aromatic carbocycles. The van der Waals surface area contributed by atoms with Crippen molar-refractivity contribution >= 4 is 46.2 Å². The van der Waals surface area contributed by atoms with Crippen LogP contribution in [0.4, 0.5) is 17.1 Å². The predicted molar refractivity (Wildman–Crippen MR) is 108 cm³/mol. The molecule has 0 aromatic heterocycles. The number of thiocarbonyl (C=S) groups is 1. The lowest BCUT2D eigenvalue weighted by molar-refractivity contribution is -0.384. The lowest BCUT2D eigenvalue weighted by Crippen LogP contribution is -2.24. The molecule has 0 saturated heterocycles. The quantitative estimate of drug-likeness (QED) is 0.439. The number of rotatable bonds is 3. The van der Waals surface area contributed by atoms with Crippen molar-refractivity contribution in [3.63, 3.8) is 0 Å². The fourth-order valence-corrected chi connectivity index (χ4v) is 4.50. The van der Waals surface area contributed by atoms with Crippen LogP contribution in [0.3, 0.4) is 0 Å². The maximum atomic E-state index is 10.7. The molecule has 0 radical (unpaired) electrons. The summed E-state index contributed by atoms with van der Waals surface area (Å²) in [5.41, 5.74) is 3.20. The molecule has 3 rings (SSSR count). The molecule has 2 aromatic rings. The number of nitro benzene ring substituents is 1. The van der Waals surface area contributed by atoms with Gasteiger partial charge in [0.05, 0.1) is 4.92 Å². The van der Waals surface area contributed by atoms with Gasteiger partial charge in [-0.1, -0.05) is 13.8 Å². The van der Waals surface area contributed by atoms with E-state index in [-0.39, 0.29) is 11.1 Å². The number of thioether (sulfide) groups is 1. The van der Waals surface area contributed by atoms with Crippen LogP contribution in [0.5, 0.6) is 0 Å². The van der Waals surface area contributed by atoms with Gasteiger partial charge in [0, 0.05) is 28.4 Å². The SMILES string of the molecule is CC1(C)CCSc2ccc(NC(=S)Nc3ccc([N+](=O)[O-])cc3)cc21. The zero-order valence-corrected chi connectivity index (χ0v) is 15.7. The van der Waals surface area contributed by atoms with Crippen LogP contribution in [0, 0.1) is 10.1 Å². The van der Waals surface area contributed by atoms with Gasteiger partial charge in [0.15, 0.2) is 5.11 Å². The highest BCUT2D eigenvalue weighted by Crippen LogP contribution is 2.42. The van der Waals surface area contributed by atoms with Gasteiger partial charge in [0.2, 0.25) is 0 Å². The van der Waals surface area contributed by atoms with E-state index in [1.807, 2.05) is 17.8 Å². The van der Waals surface area contributed by atoms with Crippen LogP contribution in [0.15, 0.2) is 47.4 Å². The molecule has 0 spiro atoms. The second-order valence-corrected chi connectivity index (χ2v) is 8.12. The zero-order valence-electron chi connectivity index (χ0n) is 14.0. The smallest absolute Gasteiger partial charge is 0.269 e. The van der Waals surface area contributed by atoms with E-state index in [1.165, 1.54) is 22.6 Å². The van der Waals surface area contributed by atoms with E-state index in [1.54, 1.807) is 12.1 Å². The number of fused-ring (bicyclic) bond motifs is 1. The Morgan fingerprint density at radius 1 is 1.16 bits per heavy atom. The van der Waals surface area contributed by atoms with Gasteiger partial charge < -0.3 is 10.6 Å². The lowest BCUT2D eigenvalue weighted by atomic mass is 9.81. The molecule has 2 N–H and O–H groups in total. The van der Waals surface area contributed by atoms with E-state index in [0.29, 0.717) is 10.8 Å². The van der Waals surface area contributed by atoms with Gasteiger partial charge in [-0.2, -0.15) is 0 Å². The molecule has 1 aliphatic rings. The fourth-order valence-electron chi connectivity index (χ4n) is 2.77. The predicted octanol–water partition coefficient (Wildman–Crippen LogP) is 5.18. The topological polar surface area (TPSA) is 67.2 Å². The highest BCUT2D eigenvalue weighted by Gasteiger charge is 2.27. The van der Waals surface area contributed by atoms with E-state index in [2.05, 4.69) is 36.6 Å². The van der Waals surface area contributed by atoms with E-state index in [9.17, 15) is 10.1 Å². The van der Waals surface area contributed by atoms with Crippen LogP contribution < -0.4 is 10.6 Å². The largest absolute Gasteiger partial charge is 0.332 e. The molecule has 5 nitrogen and oxygen atoms in total. The number of nitrogens with zero attached hydrogens (tertiary/aromatic N) is 1. The molecule has 0 bridgehead atoms. The van der Waals surface area contributed by atoms with Crippen LogP contribution in [0.1, 0.15) is 25.8 Å². The van der Waals surface area contributed by atoms with Crippen LogP contribution in [0.2, 0.25) is 0 Å². The second-order valence-electron chi connectivity index (χ2n) is 6.58. The highest BCUT2D eigenvalue weighted by atomic mass is 32.2. The van der Waals surface area contributed by atoms with E-state index < -0.39 is 4.92 Å². The minimum atomic E-state index is -0.423. The minimum Gasteiger partial charge on any atom is -0.332 e. The van der Waals surface area contributed by atoms with Gasteiger partial charge in [-0.05, 0) is 65.7 Å². The highest BCUT2D eigenvalue weighted by molar-refractivity contribution is 7.99. The summed E-state index contributed by atoms with van der Waals surface area (Å²) in [6.45, 7) is 4.53. The van der Waals surface area contributed by atoms with E-state index in [4.69, 9.17) is 12.2 Å². The van der Waals surface area contributed by atoms with E-state index >= 15 is 0 Å². The van der Waals surface area contributed by atoms with Gasteiger partial charge in [0.25, 0.3) is 5.69 Å². The van der Waals surface area contributed by atoms with Crippen LogP contribution >= 0.6 is 24.0 Å². The standard InChI is InChI=1S/C18H19N3O2S2/c1-18(2)9-10-25-16-8-5-13(11-15(16)18)20-17(24)19-12-3-6-14(7-4-12)21(22)23/h3-8,11H,9-10H2,1-2H3,(H2,19,20,24). The molecule has 7 heteroatoms. The Hall–Kier alpha value is -2.12. The number of hydrogen-bond donors (Lipinski definition) is 2. The van der Waals surface area contributed by atoms with Crippen LogP contribution in [-0.4, -0.2) is 15.8 Å². The third-order valence-electron chi connectivity index (χ3n) is 4.29. The summed E-state index contributed by atoms with van der Waals surface area (Å²) in [5.74, 6) is 1.15. The van der Waals surface area contributed by atoms with Gasteiger partial charge in [0.1, 0.15) is 0 Å². The number of hydrogen-bond acceptors (Lipinski definition) is 4. The van der Waals surface area contributed by atoms with Gasteiger partial charge in [-0.3, -0.25) is 10.1 Å². The van der Waals surface area contributed by atoms with Crippen molar-refractivity contribution in [2.75, 3.05) is 16.4 Å². The number of non-ortho nitro benzene ring substituents is 1. The average molecular weight is 374 g/mol. The molecule has 0 atom stereocenters. The van der Waals surface area contributed by atoms with Gasteiger partial charge in [-0.25, -0.2) is 0 Å². The van der Waals surface area contributed by atoms with Gasteiger partial charge in [-0.15, -0.1) is 11.8 Å². The van der Waals surface area contributed by atoms with Crippen molar-refractivity contribution in [2.45, 2.75) is 30.6 Å². The fraction of sp³-hybridized carbons (Fsp3) is 0.278. The van der Waals surface area contributed by atoms with Gasteiger partial charge >= 0.3 is 0 Å². The molecule has 25 heavy (non-hydrogen) atoms. The summed E-state index contributed by atoms with van der Waals surface area (Å²) in [7, 11) is 0. The molecule has 0 aliphatic carbocycles. The Balaban J connectivity index is 1.70. The molecule has 0 fully saturated rings. The third kappa shape index (κ3) is 4.11. The summed E-state index contributed by atoms with van der Waals surface area (Å²) < 4.78 is 0. The maximum Gasteiger partial charge on any atom is 0.269 e. The third-order valence-corrected chi connectivity index (χ3v) is 5.57. The first-order chi connectivity index (χ1) is 11.8. The molecule has 1 heterocycles. The summed E-state index contributed by atoms with van der Waals surface area (Å²) in [6.07, 6.45) is 1.15. The Morgan fingerprint density at radius 3 is 2.48 bits per heavy atom. The van der Waals surface area contributed by atoms with Crippen LogP contribution in [0.25, 0.3) is 0 Å². The first kappa shape index (κ1) is 17.7. The number of nitrogens with one attached hydrogen (secondary N) is 2. The molecule has 130 valence electrons. The summed E-state index contributed by atoms with van der Waals surface area (Å²) >= 11 is 7.25. The monoisotopic (exact) mass is 373 g/mol. The summed E-state index contributed by atoms with van der Waals surface area (Å²) in [5, 5.41) is 17.4. The average Bonchev–Trinajstić information content (AvgIpc) is 2.55. The zero-order chi connectivity index (χ0) is 18.0. The van der Waals surface area contributed by atoms with Crippen molar-refractivity contribution in [1.82, 2.24) is 0 Å². The maximum absolute atomic E-state index is 10.7. The first-order valence-electron chi connectivity index (χ1n) is 7.95. The minimum absolute atomic E-state index is 0.0545. The van der Waals surface area contributed by atoms with Crippen molar-refractivity contribution in [1.29, 1.82) is 0 Å². The Kier molecular flexibility index (Phi) is 4.96. The summed E-state index contributed by atoms with van der Waals surface area (Å²) in [4.78, 5) is 11.6.